The number of aliphatic hydroxyl groups is 1. The topological polar surface area (TPSA) is 51.5 Å². The van der Waals surface area contributed by atoms with Crippen LogP contribution in [0.3, 0.4) is 0 Å². The molecule has 4 heteroatoms. The number of pyridine rings is 1. The van der Waals surface area contributed by atoms with Crippen LogP contribution in [0, 0.1) is 6.92 Å². The maximum Gasteiger partial charge on any atom is 0.223 e. The lowest BCUT2D eigenvalue weighted by Gasteiger charge is -2.22. The number of ether oxygens (including phenoxy) is 1. The predicted octanol–water partition coefficient (Wildman–Crippen LogP) is 3.51. The highest BCUT2D eigenvalue weighted by atomic mass is 16.5. The summed E-state index contributed by atoms with van der Waals surface area (Å²) < 4.78 is 7.75. The molecule has 4 nitrogen and oxygen atoms in total. The Labute approximate surface area is 153 Å². The maximum atomic E-state index is 12.3. The van der Waals surface area contributed by atoms with E-state index < -0.39 is 0 Å². The summed E-state index contributed by atoms with van der Waals surface area (Å²) in [6.07, 6.45) is 2.41. The lowest BCUT2D eigenvalue weighted by molar-refractivity contribution is 0.221. The van der Waals surface area contributed by atoms with Crippen LogP contribution in [0.2, 0.25) is 0 Å². The van der Waals surface area contributed by atoms with Crippen LogP contribution < -0.4 is 10.2 Å². The molecule has 2 aromatic carbocycles. The molecular weight excluding hydrogens is 326 g/mol. The van der Waals surface area contributed by atoms with Gasteiger partial charge in [0, 0.05) is 12.3 Å². The van der Waals surface area contributed by atoms with Gasteiger partial charge in [-0.15, -0.1) is 0 Å². The van der Waals surface area contributed by atoms with Crippen molar-refractivity contribution in [2.75, 3.05) is 6.61 Å². The first-order valence-corrected chi connectivity index (χ1v) is 8.72. The fourth-order valence-corrected chi connectivity index (χ4v) is 3.07. The molecular formula is C22H23NO3. The van der Waals surface area contributed by atoms with Gasteiger partial charge in [-0.25, -0.2) is 0 Å². The van der Waals surface area contributed by atoms with Crippen molar-refractivity contribution in [2.45, 2.75) is 26.0 Å². The molecule has 1 unspecified atom stereocenters. The fraction of sp³-hybridized carbons (Fsp3) is 0.227. The van der Waals surface area contributed by atoms with Crippen molar-refractivity contribution in [3.63, 3.8) is 0 Å². The molecule has 0 saturated carbocycles. The van der Waals surface area contributed by atoms with E-state index in [4.69, 9.17) is 4.74 Å². The normalized spacial score (nSPS) is 11.9. The second-order valence-corrected chi connectivity index (χ2v) is 6.30. The van der Waals surface area contributed by atoms with Crippen LogP contribution in [0.15, 0.2) is 77.7 Å². The van der Waals surface area contributed by atoms with Crippen molar-refractivity contribution in [1.82, 2.24) is 4.57 Å². The lowest BCUT2D eigenvalue weighted by atomic mass is 10.1. The first-order valence-electron chi connectivity index (χ1n) is 8.72. The summed E-state index contributed by atoms with van der Waals surface area (Å²) in [6, 6.07) is 21.1. The molecule has 0 radical (unpaired) electrons. The maximum absolute atomic E-state index is 12.3. The molecule has 1 N–H and O–H groups in total. The van der Waals surface area contributed by atoms with Crippen LogP contribution in [-0.2, 0) is 13.0 Å². The molecule has 1 heterocycles. The first kappa shape index (κ1) is 18.0. The zero-order valence-electron chi connectivity index (χ0n) is 14.8. The summed E-state index contributed by atoms with van der Waals surface area (Å²) in [4.78, 5) is 12.3. The third kappa shape index (κ3) is 4.21. The van der Waals surface area contributed by atoms with Gasteiger partial charge >= 0.3 is 0 Å². The highest BCUT2D eigenvalue weighted by Gasteiger charge is 2.16. The van der Waals surface area contributed by atoms with Crippen molar-refractivity contribution < 1.29 is 9.84 Å². The van der Waals surface area contributed by atoms with Gasteiger partial charge in [0.15, 0.2) is 5.75 Å². The Balaban J connectivity index is 1.84. The summed E-state index contributed by atoms with van der Waals surface area (Å²) in [5, 5.41) is 9.89. The van der Waals surface area contributed by atoms with E-state index in [9.17, 15) is 9.90 Å². The minimum absolute atomic E-state index is 0.0171. The summed E-state index contributed by atoms with van der Waals surface area (Å²) in [7, 11) is 0. The van der Waals surface area contributed by atoms with Gasteiger partial charge in [-0.2, -0.15) is 0 Å². The molecule has 3 rings (SSSR count). The summed E-state index contributed by atoms with van der Waals surface area (Å²) in [6.45, 7) is 2.18. The minimum Gasteiger partial charge on any atom is -0.483 e. The average Bonchev–Trinajstić information content (AvgIpc) is 2.68. The van der Waals surface area contributed by atoms with E-state index in [0.29, 0.717) is 18.8 Å². The van der Waals surface area contributed by atoms with E-state index in [-0.39, 0.29) is 18.1 Å². The summed E-state index contributed by atoms with van der Waals surface area (Å²) in [5.74, 6) is 0.336. The Kier molecular flexibility index (Phi) is 5.87. The summed E-state index contributed by atoms with van der Waals surface area (Å²) >= 11 is 0. The van der Waals surface area contributed by atoms with Gasteiger partial charge < -0.3 is 14.4 Å². The van der Waals surface area contributed by atoms with Crippen molar-refractivity contribution >= 4 is 0 Å². The molecule has 0 bridgehead atoms. The fourth-order valence-electron chi connectivity index (χ4n) is 3.07. The number of aromatic nitrogens is 1. The van der Waals surface area contributed by atoms with Gasteiger partial charge in [0.25, 0.3) is 0 Å². The first-order chi connectivity index (χ1) is 12.7. The smallest absolute Gasteiger partial charge is 0.223 e. The molecule has 0 aliphatic heterocycles. The molecule has 0 saturated heterocycles. The number of nitrogens with zero attached hydrogens (tertiary/aromatic N) is 1. The Morgan fingerprint density at radius 3 is 2.19 bits per heavy atom. The quantitative estimate of drug-likeness (QED) is 0.710. The zero-order chi connectivity index (χ0) is 18.4. The van der Waals surface area contributed by atoms with E-state index in [0.717, 1.165) is 16.8 Å². The summed E-state index contributed by atoms with van der Waals surface area (Å²) in [5.41, 5.74) is 2.72. The van der Waals surface area contributed by atoms with Crippen LogP contribution in [0.25, 0.3) is 0 Å². The van der Waals surface area contributed by atoms with Gasteiger partial charge in [-0.3, -0.25) is 4.79 Å². The highest BCUT2D eigenvalue weighted by Crippen LogP contribution is 2.21. The van der Waals surface area contributed by atoms with Crippen molar-refractivity contribution in [3.8, 4) is 5.75 Å². The number of rotatable bonds is 7. The molecule has 26 heavy (non-hydrogen) atoms. The Morgan fingerprint density at radius 2 is 1.58 bits per heavy atom. The van der Waals surface area contributed by atoms with E-state index in [2.05, 4.69) is 0 Å². The monoisotopic (exact) mass is 349 g/mol. The van der Waals surface area contributed by atoms with Crippen molar-refractivity contribution in [1.29, 1.82) is 0 Å². The molecule has 1 atom stereocenters. The highest BCUT2D eigenvalue weighted by molar-refractivity contribution is 5.29. The van der Waals surface area contributed by atoms with Crippen molar-refractivity contribution in [3.05, 3.63) is 100.0 Å². The zero-order valence-corrected chi connectivity index (χ0v) is 14.8. The molecule has 1 aromatic heterocycles. The lowest BCUT2D eigenvalue weighted by Crippen LogP contribution is -2.22. The van der Waals surface area contributed by atoms with Gasteiger partial charge in [0.1, 0.15) is 6.61 Å². The van der Waals surface area contributed by atoms with Crippen LogP contribution in [0.5, 0.6) is 5.75 Å². The van der Waals surface area contributed by atoms with Gasteiger partial charge in [-0.1, -0.05) is 60.7 Å². The Morgan fingerprint density at radius 1 is 0.962 bits per heavy atom. The van der Waals surface area contributed by atoms with E-state index in [1.165, 1.54) is 6.07 Å². The molecule has 0 aliphatic rings. The predicted molar refractivity (Wildman–Crippen MR) is 102 cm³/mol. The van der Waals surface area contributed by atoms with Gasteiger partial charge in [0.2, 0.25) is 5.43 Å². The number of hydrogen-bond donors (Lipinski definition) is 1. The number of benzene rings is 2. The van der Waals surface area contributed by atoms with Gasteiger partial charge in [-0.05, 0) is 24.5 Å². The minimum atomic E-state index is -0.155. The van der Waals surface area contributed by atoms with E-state index in [1.54, 1.807) is 6.20 Å². The third-order valence-electron chi connectivity index (χ3n) is 4.47. The number of aliphatic hydroxyl groups excluding tert-OH is 1. The third-order valence-corrected chi connectivity index (χ3v) is 4.47. The van der Waals surface area contributed by atoms with Crippen LogP contribution in [0.4, 0.5) is 0 Å². The number of hydrogen-bond acceptors (Lipinski definition) is 3. The van der Waals surface area contributed by atoms with Crippen LogP contribution in [0.1, 0.15) is 22.9 Å². The molecule has 0 spiro atoms. The van der Waals surface area contributed by atoms with Crippen LogP contribution >= 0.6 is 0 Å². The van der Waals surface area contributed by atoms with Crippen molar-refractivity contribution in [2.24, 2.45) is 0 Å². The molecule has 0 fully saturated rings. The standard InChI is InChI=1S/C22H23NO3/c1-17-22(26-16-19-10-6-3-7-11-19)21(25)12-13-23(17)20(15-24)14-18-8-4-2-5-9-18/h2-13,20,24H,14-16H2,1H3. The second kappa shape index (κ2) is 8.50. The molecule has 0 amide bonds. The molecule has 134 valence electrons. The average molecular weight is 349 g/mol. The van der Waals surface area contributed by atoms with E-state index >= 15 is 0 Å². The Hall–Kier alpha value is -2.85. The second-order valence-electron chi connectivity index (χ2n) is 6.30. The van der Waals surface area contributed by atoms with Crippen LogP contribution in [-0.4, -0.2) is 16.3 Å². The molecule has 0 aliphatic carbocycles. The van der Waals surface area contributed by atoms with E-state index in [1.807, 2.05) is 72.2 Å². The largest absolute Gasteiger partial charge is 0.483 e. The Bertz CT molecular complexity index is 888. The van der Waals surface area contributed by atoms with Gasteiger partial charge in [0.05, 0.1) is 18.3 Å². The molecule has 3 aromatic rings. The SMILES string of the molecule is Cc1c(OCc2ccccc2)c(=O)ccn1C(CO)Cc1ccccc1.